The summed E-state index contributed by atoms with van der Waals surface area (Å²) in [7, 11) is 0. The summed E-state index contributed by atoms with van der Waals surface area (Å²) in [4.78, 5) is 11.7. The number of hydrogen-bond donors (Lipinski definition) is 1. The second-order valence-electron chi connectivity index (χ2n) is 5.46. The molecule has 0 bridgehead atoms. The van der Waals surface area contributed by atoms with E-state index in [2.05, 4.69) is 12.2 Å². The molecule has 1 aromatic carbocycles. The van der Waals surface area contributed by atoms with Crippen molar-refractivity contribution in [2.24, 2.45) is 0 Å². The van der Waals surface area contributed by atoms with E-state index in [4.69, 9.17) is 19.5 Å². The van der Waals surface area contributed by atoms with Crippen LogP contribution in [0, 0.1) is 11.3 Å². The maximum Gasteiger partial charge on any atom is 0.234 e. The molecule has 6 nitrogen and oxygen atoms in total. The van der Waals surface area contributed by atoms with Crippen molar-refractivity contribution in [3.8, 4) is 11.8 Å². The molecule has 0 aliphatic heterocycles. The number of carbonyl (C=O) groups is 1. The maximum atomic E-state index is 11.7. The predicted molar refractivity (Wildman–Crippen MR) is 95.0 cm³/mol. The highest BCUT2D eigenvalue weighted by molar-refractivity contribution is 5.78. The number of carbonyl (C=O) groups excluding carboxylic acids is 1. The zero-order valence-corrected chi connectivity index (χ0v) is 15.3. The highest BCUT2D eigenvalue weighted by atomic mass is 16.7. The SMILES string of the molecule is CCCC(NC(=O)CC#N)c1ccc(OCC(OCC)OCC)cc1. The van der Waals surface area contributed by atoms with Gasteiger partial charge in [0.1, 0.15) is 18.8 Å². The third-order valence-corrected chi connectivity index (χ3v) is 3.53. The van der Waals surface area contributed by atoms with Crippen molar-refractivity contribution in [2.75, 3.05) is 19.8 Å². The molecule has 1 aromatic rings. The van der Waals surface area contributed by atoms with Crippen molar-refractivity contribution in [2.45, 2.75) is 52.4 Å². The molecule has 0 aliphatic rings. The molecular formula is C19H28N2O4. The lowest BCUT2D eigenvalue weighted by Gasteiger charge is -2.19. The van der Waals surface area contributed by atoms with Gasteiger partial charge in [-0.05, 0) is 38.0 Å². The molecule has 1 atom stereocenters. The molecule has 1 N–H and O–H groups in total. The highest BCUT2D eigenvalue weighted by Crippen LogP contribution is 2.22. The molecule has 0 spiro atoms. The predicted octanol–water partition coefficient (Wildman–Crippen LogP) is 3.34. The van der Waals surface area contributed by atoms with E-state index >= 15 is 0 Å². The minimum absolute atomic E-state index is 0.0977. The molecule has 0 fully saturated rings. The Morgan fingerprint density at radius 1 is 1.16 bits per heavy atom. The first kappa shape index (κ1) is 20.9. The molecular weight excluding hydrogens is 320 g/mol. The van der Waals surface area contributed by atoms with E-state index in [1.807, 2.05) is 44.2 Å². The molecule has 0 aromatic heterocycles. The Morgan fingerprint density at radius 2 is 1.80 bits per heavy atom. The lowest BCUT2D eigenvalue weighted by atomic mass is 10.0. The van der Waals surface area contributed by atoms with Crippen molar-refractivity contribution in [1.82, 2.24) is 5.32 Å². The van der Waals surface area contributed by atoms with Crippen molar-refractivity contribution in [3.63, 3.8) is 0 Å². The minimum Gasteiger partial charge on any atom is -0.488 e. The van der Waals surface area contributed by atoms with Crippen molar-refractivity contribution in [1.29, 1.82) is 5.26 Å². The van der Waals surface area contributed by atoms with Crippen LogP contribution in [0.1, 0.15) is 51.6 Å². The van der Waals surface area contributed by atoms with Gasteiger partial charge in [0, 0.05) is 13.2 Å². The van der Waals surface area contributed by atoms with Crippen LogP contribution in [0.4, 0.5) is 0 Å². The Hall–Kier alpha value is -2.10. The molecule has 6 heteroatoms. The van der Waals surface area contributed by atoms with Gasteiger partial charge in [-0.15, -0.1) is 0 Å². The molecule has 1 unspecified atom stereocenters. The van der Waals surface area contributed by atoms with Gasteiger partial charge in [0.15, 0.2) is 6.29 Å². The van der Waals surface area contributed by atoms with Crippen LogP contribution in [0.2, 0.25) is 0 Å². The summed E-state index contributed by atoms with van der Waals surface area (Å²) in [6.45, 7) is 7.33. The fourth-order valence-corrected chi connectivity index (χ4v) is 2.40. The Kier molecular flexibility index (Phi) is 10.3. The molecule has 0 saturated carbocycles. The Morgan fingerprint density at radius 3 is 2.32 bits per heavy atom. The summed E-state index contributed by atoms with van der Waals surface area (Å²) >= 11 is 0. The number of benzene rings is 1. The van der Waals surface area contributed by atoms with Gasteiger partial charge in [-0.1, -0.05) is 25.5 Å². The standard InChI is InChI=1S/C19H28N2O4/c1-4-7-17(21-18(22)12-13-20)15-8-10-16(11-9-15)25-14-19(23-5-2)24-6-3/h8-11,17,19H,4-7,12,14H2,1-3H3,(H,21,22). The van der Waals surface area contributed by atoms with Crippen LogP contribution in [0.5, 0.6) is 5.75 Å². The summed E-state index contributed by atoms with van der Waals surface area (Å²) < 4.78 is 16.6. The lowest BCUT2D eigenvalue weighted by Crippen LogP contribution is -2.28. The zero-order valence-electron chi connectivity index (χ0n) is 15.3. The van der Waals surface area contributed by atoms with E-state index in [9.17, 15) is 4.79 Å². The average Bonchev–Trinajstić information content (AvgIpc) is 2.60. The van der Waals surface area contributed by atoms with Gasteiger partial charge in [0.2, 0.25) is 5.91 Å². The second kappa shape index (κ2) is 12.3. The zero-order chi connectivity index (χ0) is 18.5. The van der Waals surface area contributed by atoms with Gasteiger partial charge in [0.05, 0.1) is 12.1 Å². The van der Waals surface area contributed by atoms with Gasteiger partial charge in [-0.2, -0.15) is 5.26 Å². The number of nitrogens with zero attached hydrogens (tertiary/aromatic N) is 1. The normalized spacial score (nSPS) is 11.8. The third-order valence-electron chi connectivity index (χ3n) is 3.53. The fourth-order valence-electron chi connectivity index (χ4n) is 2.40. The topological polar surface area (TPSA) is 80.6 Å². The smallest absolute Gasteiger partial charge is 0.234 e. The van der Waals surface area contributed by atoms with E-state index in [0.717, 1.165) is 18.4 Å². The fraction of sp³-hybridized carbons (Fsp3) is 0.579. The number of nitriles is 1. The maximum absolute atomic E-state index is 11.7. The van der Waals surface area contributed by atoms with Gasteiger partial charge in [-0.3, -0.25) is 4.79 Å². The third kappa shape index (κ3) is 8.01. The number of amides is 1. The summed E-state index contributed by atoms with van der Waals surface area (Å²) in [5.74, 6) is 0.462. The van der Waals surface area contributed by atoms with E-state index < -0.39 is 0 Å². The van der Waals surface area contributed by atoms with E-state index in [1.165, 1.54) is 0 Å². The molecule has 138 valence electrons. The Bertz CT molecular complexity index is 533. The van der Waals surface area contributed by atoms with E-state index in [-0.39, 0.29) is 24.7 Å². The largest absolute Gasteiger partial charge is 0.488 e. The van der Waals surface area contributed by atoms with Crippen LogP contribution >= 0.6 is 0 Å². The number of hydrogen-bond acceptors (Lipinski definition) is 5. The van der Waals surface area contributed by atoms with Crippen molar-refractivity contribution in [3.05, 3.63) is 29.8 Å². The van der Waals surface area contributed by atoms with Crippen LogP contribution in [0.15, 0.2) is 24.3 Å². The van der Waals surface area contributed by atoms with Gasteiger partial charge < -0.3 is 19.5 Å². The van der Waals surface area contributed by atoms with Gasteiger partial charge in [-0.25, -0.2) is 0 Å². The summed E-state index contributed by atoms with van der Waals surface area (Å²) in [5, 5.41) is 11.5. The molecule has 25 heavy (non-hydrogen) atoms. The van der Waals surface area contributed by atoms with Crippen molar-refractivity contribution >= 4 is 5.91 Å². The van der Waals surface area contributed by atoms with Crippen LogP contribution < -0.4 is 10.1 Å². The Labute approximate surface area is 150 Å². The van der Waals surface area contributed by atoms with E-state index in [0.29, 0.717) is 25.6 Å². The molecule has 0 heterocycles. The minimum atomic E-state index is -0.382. The molecule has 1 amide bonds. The van der Waals surface area contributed by atoms with Gasteiger partial charge >= 0.3 is 0 Å². The quantitative estimate of drug-likeness (QED) is 0.586. The van der Waals surface area contributed by atoms with E-state index in [1.54, 1.807) is 0 Å². The van der Waals surface area contributed by atoms with Crippen molar-refractivity contribution < 1.29 is 19.0 Å². The first-order chi connectivity index (χ1) is 12.1. The van der Waals surface area contributed by atoms with Crippen LogP contribution in [0.3, 0.4) is 0 Å². The Balaban J connectivity index is 2.65. The second-order valence-corrected chi connectivity index (χ2v) is 5.46. The summed E-state index contributed by atoms with van der Waals surface area (Å²) in [6.07, 6.45) is 1.24. The number of ether oxygens (including phenoxy) is 3. The lowest BCUT2D eigenvalue weighted by molar-refractivity contribution is -0.152. The van der Waals surface area contributed by atoms with Crippen LogP contribution in [-0.4, -0.2) is 32.0 Å². The first-order valence-electron chi connectivity index (χ1n) is 8.76. The van der Waals surface area contributed by atoms with Gasteiger partial charge in [0.25, 0.3) is 0 Å². The molecule has 0 aliphatic carbocycles. The molecule has 1 rings (SSSR count). The average molecular weight is 348 g/mol. The number of rotatable bonds is 12. The summed E-state index contributed by atoms with van der Waals surface area (Å²) in [5.41, 5.74) is 0.992. The molecule has 0 radical (unpaired) electrons. The molecule has 0 saturated heterocycles. The number of nitrogens with one attached hydrogen (secondary N) is 1. The van der Waals surface area contributed by atoms with Crippen LogP contribution in [0.25, 0.3) is 0 Å². The highest BCUT2D eigenvalue weighted by Gasteiger charge is 2.14. The monoisotopic (exact) mass is 348 g/mol. The van der Waals surface area contributed by atoms with Crippen LogP contribution in [-0.2, 0) is 14.3 Å². The first-order valence-corrected chi connectivity index (χ1v) is 8.76. The summed E-state index contributed by atoms with van der Waals surface area (Å²) in [6, 6.07) is 9.36.